The van der Waals surface area contributed by atoms with Crippen molar-refractivity contribution in [1.82, 2.24) is 16.0 Å². The number of urea groups is 1. The van der Waals surface area contributed by atoms with Gasteiger partial charge in [-0.05, 0) is 27.2 Å². The van der Waals surface area contributed by atoms with Crippen LogP contribution in [0, 0.1) is 0 Å². The van der Waals surface area contributed by atoms with E-state index in [9.17, 15) is 14.4 Å². The highest BCUT2D eigenvalue weighted by Gasteiger charge is 2.25. The summed E-state index contributed by atoms with van der Waals surface area (Å²) in [6.07, 6.45) is 0.595. The Morgan fingerprint density at radius 1 is 1.21 bits per heavy atom. The molecule has 138 valence electrons. The molecule has 9 heteroatoms. The van der Waals surface area contributed by atoms with Gasteiger partial charge in [0, 0.05) is 13.1 Å². The van der Waals surface area contributed by atoms with Gasteiger partial charge in [0.2, 0.25) is 5.91 Å². The van der Waals surface area contributed by atoms with Crippen molar-refractivity contribution in [2.75, 3.05) is 39.5 Å². The molecule has 1 fully saturated rings. The van der Waals surface area contributed by atoms with E-state index in [-0.39, 0.29) is 19.1 Å². The maximum absolute atomic E-state index is 11.5. The van der Waals surface area contributed by atoms with Gasteiger partial charge in [-0.25, -0.2) is 9.59 Å². The van der Waals surface area contributed by atoms with E-state index >= 15 is 0 Å². The third-order valence-electron chi connectivity index (χ3n) is 2.90. The summed E-state index contributed by atoms with van der Waals surface area (Å²) in [7, 11) is 0. The molecule has 1 rings (SSSR count). The SMILES string of the molecule is CC(C)(C)OC(=O)COCCOCCNC(=O)NC1CCNC1=O. The fourth-order valence-corrected chi connectivity index (χ4v) is 1.92. The molecule has 0 aromatic rings. The quantitative estimate of drug-likeness (QED) is 0.385. The van der Waals surface area contributed by atoms with Crippen molar-refractivity contribution in [1.29, 1.82) is 0 Å². The van der Waals surface area contributed by atoms with Crippen LogP contribution >= 0.6 is 0 Å². The lowest BCUT2D eigenvalue weighted by Crippen LogP contribution is -2.46. The summed E-state index contributed by atoms with van der Waals surface area (Å²) in [5, 5.41) is 7.81. The minimum atomic E-state index is -0.525. The van der Waals surface area contributed by atoms with Crippen LogP contribution in [-0.2, 0) is 23.8 Å². The van der Waals surface area contributed by atoms with E-state index in [0.29, 0.717) is 32.7 Å². The molecule has 1 saturated heterocycles. The maximum Gasteiger partial charge on any atom is 0.332 e. The second-order valence-corrected chi connectivity index (χ2v) is 6.28. The van der Waals surface area contributed by atoms with Crippen molar-refractivity contribution in [2.45, 2.75) is 38.8 Å². The van der Waals surface area contributed by atoms with Crippen LogP contribution < -0.4 is 16.0 Å². The van der Waals surface area contributed by atoms with Crippen molar-refractivity contribution in [2.24, 2.45) is 0 Å². The lowest BCUT2D eigenvalue weighted by atomic mass is 10.2. The highest BCUT2D eigenvalue weighted by molar-refractivity contribution is 5.88. The number of amides is 3. The summed E-state index contributed by atoms with van der Waals surface area (Å²) >= 11 is 0. The van der Waals surface area contributed by atoms with Crippen LogP contribution in [0.25, 0.3) is 0 Å². The van der Waals surface area contributed by atoms with Gasteiger partial charge >= 0.3 is 12.0 Å². The lowest BCUT2D eigenvalue weighted by molar-refractivity contribution is -0.160. The van der Waals surface area contributed by atoms with E-state index in [1.54, 1.807) is 20.8 Å². The maximum atomic E-state index is 11.5. The van der Waals surface area contributed by atoms with Crippen molar-refractivity contribution in [3.05, 3.63) is 0 Å². The van der Waals surface area contributed by atoms with Crippen LogP contribution in [0.4, 0.5) is 4.79 Å². The third kappa shape index (κ3) is 9.31. The number of nitrogens with one attached hydrogen (secondary N) is 3. The summed E-state index contributed by atoms with van der Waals surface area (Å²) in [4.78, 5) is 34.2. The highest BCUT2D eigenvalue weighted by Crippen LogP contribution is 2.06. The Kier molecular flexibility index (Phi) is 8.48. The Labute approximate surface area is 141 Å². The Balaban J connectivity index is 1.92. The molecule has 24 heavy (non-hydrogen) atoms. The first-order chi connectivity index (χ1) is 11.3. The van der Waals surface area contributed by atoms with E-state index in [2.05, 4.69) is 16.0 Å². The number of hydrogen-bond acceptors (Lipinski definition) is 6. The predicted octanol–water partition coefficient (Wildman–Crippen LogP) is -0.451. The molecule has 0 radical (unpaired) electrons. The van der Waals surface area contributed by atoms with Crippen LogP contribution in [-0.4, -0.2) is 69.1 Å². The zero-order chi connectivity index (χ0) is 18.0. The van der Waals surface area contributed by atoms with Crippen LogP contribution in [0.1, 0.15) is 27.2 Å². The highest BCUT2D eigenvalue weighted by atomic mass is 16.6. The van der Waals surface area contributed by atoms with Gasteiger partial charge < -0.3 is 30.2 Å². The van der Waals surface area contributed by atoms with Gasteiger partial charge in [0.25, 0.3) is 0 Å². The zero-order valence-electron chi connectivity index (χ0n) is 14.5. The van der Waals surface area contributed by atoms with Gasteiger partial charge in [0.1, 0.15) is 18.2 Å². The number of carbonyl (C=O) groups is 3. The van der Waals surface area contributed by atoms with Crippen molar-refractivity contribution >= 4 is 17.9 Å². The van der Waals surface area contributed by atoms with Crippen molar-refractivity contribution in [3.63, 3.8) is 0 Å². The first-order valence-corrected chi connectivity index (χ1v) is 7.97. The van der Waals surface area contributed by atoms with Crippen LogP contribution in [0.3, 0.4) is 0 Å². The monoisotopic (exact) mass is 345 g/mol. The van der Waals surface area contributed by atoms with E-state index < -0.39 is 23.6 Å². The zero-order valence-corrected chi connectivity index (χ0v) is 14.5. The van der Waals surface area contributed by atoms with E-state index in [1.165, 1.54) is 0 Å². The van der Waals surface area contributed by atoms with Gasteiger partial charge in [-0.2, -0.15) is 0 Å². The standard InChI is InChI=1S/C15H27N3O6/c1-15(2,3)24-12(19)10-23-9-8-22-7-6-17-14(21)18-11-4-5-16-13(11)20/h11H,4-10H2,1-3H3,(H,16,20)(H2,17,18,21). The molecule has 0 bridgehead atoms. The van der Waals surface area contributed by atoms with Gasteiger partial charge in [-0.15, -0.1) is 0 Å². The molecule has 0 saturated carbocycles. The van der Waals surface area contributed by atoms with Gasteiger partial charge in [-0.1, -0.05) is 0 Å². The van der Waals surface area contributed by atoms with E-state index in [4.69, 9.17) is 14.2 Å². The molecule has 0 aromatic carbocycles. The molecule has 1 atom stereocenters. The summed E-state index contributed by atoms with van der Waals surface area (Å²) in [5.74, 6) is -0.583. The molecule has 9 nitrogen and oxygen atoms in total. The van der Waals surface area contributed by atoms with Gasteiger partial charge in [0.15, 0.2) is 0 Å². The largest absolute Gasteiger partial charge is 0.458 e. The molecule has 0 spiro atoms. The second kappa shape index (κ2) is 10.1. The molecule has 1 heterocycles. The molecule has 1 aliphatic rings. The van der Waals surface area contributed by atoms with E-state index in [0.717, 1.165) is 0 Å². The smallest absolute Gasteiger partial charge is 0.332 e. The first kappa shape index (κ1) is 20.2. The molecule has 3 amide bonds. The summed E-state index contributed by atoms with van der Waals surface area (Å²) in [6, 6.07) is -0.867. The summed E-state index contributed by atoms with van der Waals surface area (Å²) < 4.78 is 15.5. The summed E-state index contributed by atoms with van der Waals surface area (Å²) in [5.41, 5.74) is -0.525. The van der Waals surface area contributed by atoms with Gasteiger partial charge in [0.05, 0.1) is 19.8 Å². The fourth-order valence-electron chi connectivity index (χ4n) is 1.92. The average molecular weight is 345 g/mol. The first-order valence-electron chi connectivity index (χ1n) is 7.97. The Hall–Kier alpha value is -1.87. The number of esters is 1. The number of hydrogen-bond donors (Lipinski definition) is 3. The lowest BCUT2D eigenvalue weighted by Gasteiger charge is -2.19. The third-order valence-corrected chi connectivity index (χ3v) is 2.90. The molecular weight excluding hydrogens is 318 g/mol. The minimum Gasteiger partial charge on any atom is -0.458 e. The Morgan fingerprint density at radius 2 is 1.92 bits per heavy atom. The van der Waals surface area contributed by atoms with Crippen molar-refractivity contribution < 1.29 is 28.6 Å². The molecular formula is C15H27N3O6. The van der Waals surface area contributed by atoms with Gasteiger partial charge in [-0.3, -0.25) is 4.79 Å². The minimum absolute atomic E-state index is 0.120. The molecule has 1 aliphatic heterocycles. The number of rotatable bonds is 9. The summed E-state index contributed by atoms with van der Waals surface area (Å²) in [6.45, 7) is 7.00. The number of ether oxygens (including phenoxy) is 3. The fraction of sp³-hybridized carbons (Fsp3) is 0.800. The van der Waals surface area contributed by atoms with Crippen LogP contribution in [0.2, 0.25) is 0 Å². The molecule has 0 aliphatic carbocycles. The molecule has 3 N–H and O–H groups in total. The van der Waals surface area contributed by atoms with Crippen molar-refractivity contribution in [3.8, 4) is 0 Å². The van der Waals surface area contributed by atoms with Crippen LogP contribution in [0.15, 0.2) is 0 Å². The second-order valence-electron chi connectivity index (χ2n) is 6.28. The van der Waals surface area contributed by atoms with Crippen LogP contribution in [0.5, 0.6) is 0 Å². The normalized spacial score (nSPS) is 17.3. The van der Waals surface area contributed by atoms with E-state index in [1.807, 2.05) is 0 Å². The number of carbonyl (C=O) groups excluding carboxylic acids is 3. The predicted molar refractivity (Wildman–Crippen MR) is 85.4 cm³/mol. The Morgan fingerprint density at radius 3 is 2.54 bits per heavy atom. The molecule has 1 unspecified atom stereocenters. The average Bonchev–Trinajstić information content (AvgIpc) is 2.85. The Bertz CT molecular complexity index is 435. The topological polar surface area (TPSA) is 115 Å². The molecule has 0 aromatic heterocycles.